The molecule has 0 aliphatic carbocycles. The van der Waals surface area contributed by atoms with Crippen LogP contribution in [0.25, 0.3) is 0 Å². The quantitative estimate of drug-likeness (QED) is 0.429. The van der Waals surface area contributed by atoms with Gasteiger partial charge in [-0.2, -0.15) is 0 Å². The third-order valence-electron chi connectivity index (χ3n) is 2.99. The lowest BCUT2D eigenvalue weighted by Gasteiger charge is -2.31. The molecule has 5 heteroatoms. The number of hydrogen-bond acceptors (Lipinski definition) is 3. The SMILES string of the molecule is CC1CN(C(N)=NCC2=CCCOC2)CCO1. The van der Waals surface area contributed by atoms with Crippen LogP contribution in [0.1, 0.15) is 13.3 Å². The molecule has 2 heterocycles. The standard InChI is InChI=1S/C12H21N3O2/c1-10-8-15(4-6-17-10)12(13)14-7-11-3-2-5-16-9-11/h3,10H,2,4-9H2,1H3,(H2,13,14). The summed E-state index contributed by atoms with van der Waals surface area (Å²) in [6.07, 6.45) is 3.41. The van der Waals surface area contributed by atoms with Crippen molar-refractivity contribution in [2.75, 3.05) is 39.5 Å². The van der Waals surface area contributed by atoms with E-state index in [-0.39, 0.29) is 6.10 Å². The first-order valence-corrected chi connectivity index (χ1v) is 6.18. The van der Waals surface area contributed by atoms with Crippen molar-refractivity contribution in [2.45, 2.75) is 19.4 Å². The fraction of sp³-hybridized carbons (Fsp3) is 0.750. The van der Waals surface area contributed by atoms with E-state index in [1.165, 1.54) is 5.57 Å². The molecule has 17 heavy (non-hydrogen) atoms. The van der Waals surface area contributed by atoms with E-state index in [0.29, 0.717) is 19.1 Å². The number of nitrogens with two attached hydrogens (primary N) is 1. The van der Waals surface area contributed by atoms with Crippen LogP contribution in [0.4, 0.5) is 0 Å². The largest absolute Gasteiger partial charge is 0.377 e. The van der Waals surface area contributed by atoms with Gasteiger partial charge >= 0.3 is 0 Å². The Morgan fingerprint density at radius 1 is 1.59 bits per heavy atom. The van der Waals surface area contributed by atoms with Gasteiger partial charge in [0.05, 0.1) is 32.5 Å². The minimum Gasteiger partial charge on any atom is -0.377 e. The summed E-state index contributed by atoms with van der Waals surface area (Å²) in [5.74, 6) is 0.617. The van der Waals surface area contributed by atoms with E-state index >= 15 is 0 Å². The van der Waals surface area contributed by atoms with Crippen LogP contribution in [0.2, 0.25) is 0 Å². The van der Waals surface area contributed by atoms with E-state index in [0.717, 1.165) is 32.7 Å². The van der Waals surface area contributed by atoms with Crippen LogP contribution in [0.5, 0.6) is 0 Å². The van der Waals surface area contributed by atoms with Crippen LogP contribution < -0.4 is 5.73 Å². The van der Waals surface area contributed by atoms with Crippen molar-refractivity contribution >= 4 is 5.96 Å². The Kier molecular flexibility index (Phi) is 4.39. The summed E-state index contributed by atoms with van der Waals surface area (Å²) in [4.78, 5) is 6.50. The van der Waals surface area contributed by atoms with Gasteiger partial charge in [0.15, 0.2) is 5.96 Å². The predicted molar refractivity (Wildman–Crippen MR) is 67.0 cm³/mol. The zero-order valence-electron chi connectivity index (χ0n) is 10.4. The summed E-state index contributed by atoms with van der Waals surface area (Å²) in [6, 6.07) is 0. The summed E-state index contributed by atoms with van der Waals surface area (Å²) in [7, 11) is 0. The molecule has 1 atom stereocenters. The van der Waals surface area contributed by atoms with Gasteiger partial charge in [-0.3, -0.25) is 0 Å². The van der Waals surface area contributed by atoms with Crippen LogP contribution >= 0.6 is 0 Å². The summed E-state index contributed by atoms with van der Waals surface area (Å²) >= 11 is 0. The van der Waals surface area contributed by atoms with Crippen molar-refractivity contribution in [3.05, 3.63) is 11.6 Å². The molecule has 1 fully saturated rings. The summed E-state index contributed by atoms with van der Waals surface area (Å²) in [5, 5.41) is 0. The molecular formula is C12H21N3O2. The molecule has 2 N–H and O–H groups in total. The summed E-state index contributed by atoms with van der Waals surface area (Å²) in [5.41, 5.74) is 7.20. The number of aliphatic imine (C=N–C) groups is 1. The number of ether oxygens (including phenoxy) is 2. The second kappa shape index (κ2) is 6.02. The normalized spacial score (nSPS) is 26.9. The molecule has 2 aliphatic heterocycles. The number of rotatable bonds is 2. The zero-order chi connectivity index (χ0) is 12.1. The van der Waals surface area contributed by atoms with E-state index in [4.69, 9.17) is 15.2 Å². The average Bonchev–Trinajstić information content (AvgIpc) is 2.37. The maximum Gasteiger partial charge on any atom is 0.191 e. The lowest BCUT2D eigenvalue weighted by Crippen LogP contribution is -2.48. The minimum atomic E-state index is 0.231. The van der Waals surface area contributed by atoms with Gasteiger partial charge in [0, 0.05) is 13.1 Å². The molecule has 96 valence electrons. The Morgan fingerprint density at radius 3 is 3.18 bits per heavy atom. The Morgan fingerprint density at radius 2 is 2.47 bits per heavy atom. The monoisotopic (exact) mass is 239 g/mol. The molecule has 0 amide bonds. The summed E-state index contributed by atoms with van der Waals surface area (Å²) in [6.45, 7) is 6.60. The lowest BCUT2D eigenvalue weighted by atomic mass is 10.2. The highest BCUT2D eigenvalue weighted by atomic mass is 16.5. The molecule has 0 bridgehead atoms. The first-order chi connectivity index (χ1) is 8.25. The average molecular weight is 239 g/mol. The van der Waals surface area contributed by atoms with Gasteiger partial charge in [-0.05, 0) is 18.9 Å². The highest BCUT2D eigenvalue weighted by molar-refractivity contribution is 5.78. The van der Waals surface area contributed by atoms with Crippen molar-refractivity contribution in [2.24, 2.45) is 10.7 Å². The maximum absolute atomic E-state index is 5.98. The van der Waals surface area contributed by atoms with Crippen LogP contribution in [0.3, 0.4) is 0 Å². The van der Waals surface area contributed by atoms with Crippen molar-refractivity contribution in [1.82, 2.24) is 4.90 Å². The molecule has 1 unspecified atom stereocenters. The first-order valence-electron chi connectivity index (χ1n) is 6.18. The van der Waals surface area contributed by atoms with Crippen LogP contribution in [-0.2, 0) is 9.47 Å². The Bertz CT molecular complexity index is 315. The van der Waals surface area contributed by atoms with Crippen molar-refractivity contribution in [3.63, 3.8) is 0 Å². The Labute approximate surface area is 102 Å². The fourth-order valence-corrected chi connectivity index (χ4v) is 2.03. The number of nitrogens with zero attached hydrogens (tertiary/aromatic N) is 2. The van der Waals surface area contributed by atoms with Crippen LogP contribution in [0, 0.1) is 0 Å². The molecule has 0 aromatic rings. The smallest absolute Gasteiger partial charge is 0.191 e. The molecular weight excluding hydrogens is 218 g/mol. The van der Waals surface area contributed by atoms with Gasteiger partial charge in [0.2, 0.25) is 0 Å². The highest BCUT2D eigenvalue weighted by Gasteiger charge is 2.17. The number of guanidine groups is 1. The fourth-order valence-electron chi connectivity index (χ4n) is 2.03. The van der Waals surface area contributed by atoms with Crippen molar-refractivity contribution < 1.29 is 9.47 Å². The van der Waals surface area contributed by atoms with E-state index < -0.39 is 0 Å². The minimum absolute atomic E-state index is 0.231. The highest BCUT2D eigenvalue weighted by Crippen LogP contribution is 2.07. The van der Waals surface area contributed by atoms with Gasteiger partial charge in [-0.1, -0.05) is 6.08 Å². The van der Waals surface area contributed by atoms with Crippen LogP contribution in [-0.4, -0.2) is 56.4 Å². The molecule has 2 rings (SSSR count). The molecule has 5 nitrogen and oxygen atoms in total. The van der Waals surface area contributed by atoms with E-state index in [1.807, 2.05) is 0 Å². The van der Waals surface area contributed by atoms with Gasteiger partial charge in [0.1, 0.15) is 0 Å². The first kappa shape index (κ1) is 12.4. The van der Waals surface area contributed by atoms with Gasteiger partial charge in [0.25, 0.3) is 0 Å². The molecule has 0 aromatic heterocycles. The third-order valence-corrected chi connectivity index (χ3v) is 2.99. The van der Waals surface area contributed by atoms with E-state index in [1.54, 1.807) is 0 Å². The van der Waals surface area contributed by atoms with E-state index in [9.17, 15) is 0 Å². The number of hydrogen-bond donors (Lipinski definition) is 1. The maximum atomic E-state index is 5.98. The van der Waals surface area contributed by atoms with Gasteiger partial charge < -0.3 is 20.1 Å². The zero-order valence-corrected chi connectivity index (χ0v) is 10.4. The predicted octanol–water partition coefficient (Wildman–Crippen LogP) is 0.369. The van der Waals surface area contributed by atoms with Crippen molar-refractivity contribution in [3.8, 4) is 0 Å². The Balaban J connectivity index is 1.85. The summed E-state index contributed by atoms with van der Waals surface area (Å²) < 4.78 is 10.8. The molecule has 1 saturated heterocycles. The second-order valence-corrected chi connectivity index (χ2v) is 4.51. The second-order valence-electron chi connectivity index (χ2n) is 4.51. The molecule has 0 spiro atoms. The van der Waals surface area contributed by atoms with Crippen molar-refractivity contribution in [1.29, 1.82) is 0 Å². The molecule has 0 aromatic carbocycles. The Hall–Kier alpha value is -1.07. The molecule has 0 saturated carbocycles. The molecule has 0 radical (unpaired) electrons. The number of morpholine rings is 1. The third kappa shape index (κ3) is 3.71. The van der Waals surface area contributed by atoms with E-state index in [2.05, 4.69) is 22.9 Å². The van der Waals surface area contributed by atoms with Crippen LogP contribution in [0.15, 0.2) is 16.6 Å². The van der Waals surface area contributed by atoms with Gasteiger partial charge in [-0.15, -0.1) is 0 Å². The molecule has 2 aliphatic rings. The lowest BCUT2D eigenvalue weighted by molar-refractivity contribution is 0.00531. The van der Waals surface area contributed by atoms with Gasteiger partial charge in [-0.25, -0.2) is 4.99 Å². The topological polar surface area (TPSA) is 60.1 Å².